The number of nitrogens with zero attached hydrogens (tertiary/aromatic N) is 1. The molecular weight excluding hydrogens is 312 g/mol. The van der Waals surface area contributed by atoms with Gasteiger partial charge in [-0.25, -0.2) is 8.42 Å². The van der Waals surface area contributed by atoms with E-state index < -0.39 is 9.84 Å². The van der Waals surface area contributed by atoms with E-state index in [4.69, 9.17) is 10.5 Å². The number of anilines is 2. The molecule has 1 fully saturated rings. The van der Waals surface area contributed by atoms with E-state index in [1.165, 1.54) is 0 Å². The lowest BCUT2D eigenvalue weighted by atomic mass is 10.2. The molecule has 2 N–H and O–H groups in total. The molecule has 1 aromatic heterocycles. The maximum absolute atomic E-state index is 12.2. The number of carbonyl (C=O) groups is 1. The fourth-order valence-electron chi connectivity index (χ4n) is 2.07. The van der Waals surface area contributed by atoms with E-state index in [0.29, 0.717) is 23.0 Å². The fourth-order valence-corrected chi connectivity index (χ4v) is 4.81. The van der Waals surface area contributed by atoms with Crippen molar-refractivity contribution < 1.29 is 17.9 Å². The molecule has 21 heavy (non-hydrogen) atoms. The van der Waals surface area contributed by atoms with Crippen LogP contribution in [0.15, 0.2) is 4.90 Å². The van der Waals surface area contributed by atoms with Crippen LogP contribution >= 0.6 is 11.3 Å². The number of ketones is 1. The van der Waals surface area contributed by atoms with E-state index in [1.54, 1.807) is 19.1 Å². The van der Waals surface area contributed by atoms with Gasteiger partial charge in [-0.3, -0.25) is 4.79 Å². The van der Waals surface area contributed by atoms with Gasteiger partial charge in [0.05, 0.1) is 17.2 Å². The van der Waals surface area contributed by atoms with Crippen molar-refractivity contribution in [3.8, 4) is 0 Å². The summed E-state index contributed by atoms with van der Waals surface area (Å²) >= 11 is 1.16. The van der Waals surface area contributed by atoms with Gasteiger partial charge >= 0.3 is 0 Å². The van der Waals surface area contributed by atoms with Gasteiger partial charge in [0.25, 0.3) is 0 Å². The fraction of sp³-hybridized carbons (Fsp3) is 0.615. The van der Waals surface area contributed by atoms with Gasteiger partial charge in [-0.15, -0.1) is 11.3 Å². The average molecular weight is 332 g/mol. The van der Waals surface area contributed by atoms with Crippen LogP contribution in [-0.4, -0.2) is 47.8 Å². The molecule has 1 heterocycles. The minimum absolute atomic E-state index is 0.00971. The smallest absolute Gasteiger partial charge is 0.180 e. The summed E-state index contributed by atoms with van der Waals surface area (Å²) in [5.74, 6) is -0.0238. The van der Waals surface area contributed by atoms with Crippen LogP contribution in [0.5, 0.6) is 0 Å². The van der Waals surface area contributed by atoms with Crippen LogP contribution in [0, 0.1) is 5.92 Å². The van der Waals surface area contributed by atoms with Gasteiger partial charge in [-0.2, -0.15) is 0 Å². The summed E-state index contributed by atoms with van der Waals surface area (Å²) in [7, 11) is -0.154. The molecule has 1 saturated carbocycles. The molecule has 0 spiro atoms. The molecule has 1 aliphatic rings. The van der Waals surface area contributed by atoms with Crippen molar-refractivity contribution in [1.82, 2.24) is 0 Å². The normalized spacial score (nSPS) is 15.2. The number of carbonyl (C=O) groups excluding carboxylic acids is 1. The molecule has 0 bridgehead atoms. The van der Waals surface area contributed by atoms with Crippen molar-refractivity contribution in [3.05, 3.63) is 4.88 Å². The minimum atomic E-state index is -3.50. The molecule has 0 radical (unpaired) electrons. The van der Waals surface area contributed by atoms with Gasteiger partial charge in [0, 0.05) is 32.9 Å². The van der Waals surface area contributed by atoms with Gasteiger partial charge < -0.3 is 15.4 Å². The van der Waals surface area contributed by atoms with Crippen LogP contribution in [0.2, 0.25) is 0 Å². The predicted octanol–water partition coefficient (Wildman–Crippen LogP) is 1.41. The van der Waals surface area contributed by atoms with Crippen LogP contribution in [0.3, 0.4) is 0 Å². The molecule has 8 heteroatoms. The zero-order valence-electron chi connectivity index (χ0n) is 12.4. The SMILES string of the molecule is COCCN(C)c1sc(C(=O)C2CC2)c(N)c1S(C)(=O)=O. The second kappa shape index (κ2) is 5.94. The molecule has 1 aromatic rings. The number of ether oxygens (including phenoxy) is 1. The number of likely N-dealkylation sites (N-methyl/N-ethyl adjacent to an activating group) is 1. The molecule has 0 amide bonds. The lowest BCUT2D eigenvalue weighted by molar-refractivity contribution is 0.0972. The summed E-state index contributed by atoms with van der Waals surface area (Å²) in [5, 5.41) is 0.510. The number of hydrogen-bond donors (Lipinski definition) is 1. The topological polar surface area (TPSA) is 89.7 Å². The molecule has 0 saturated heterocycles. The summed E-state index contributed by atoms with van der Waals surface area (Å²) in [6.07, 6.45) is 2.84. The van der Waals surface area contributed by atoms with E-state index in [1.807, 2.05) is 0 Å². The standard InChI is InChI=1S/C13H20N2O4S2/c1-15(6-7-19-2)13-12(21(3,17)18)9(14)11(20-13)10(16)8-4-5-8/h8H,4-7,14H2,1-3H3. The summed E-state index contributed by atoms with van der Waals surface area (Å²) in [6.45, 7) is 0.986. The van der Waals surface area contributed by atoms with Crippen molar-refractivity contribution >= 4 is 37.6 Å². The summed E-state index contributed by atoms with van der Waals surface area (Å²) < 4.78 is 29.1. The van der Waals surface area contributed by atoms with Gasteiger partial charge in [0.2, 0.25) is 0 Å². The largest absolute Gasteiger partial charge is 0.396 e. The number of Topliss-reactive ketones (excluding diaryl/α,β-unsaturated/α-hetero) is 1. The van der Waals surface area contributed by atoms with Crippen molar-refractivity contribution in [1.29, 1.82) is 0 Å². The van der Waals surface area contributed by atoms with Gasteiger partial charge in [-0.1, -0.05) is 0 Å². The highest BCUT2D eigenvalue weighted by molar-refractivity contribution is 7.91. The first kappa shape index (κ1) is 16.3. The third-order valence-electron chi connectivity index (χ3n) is 3.40. The number of thiophene rings is 1. The lowest BCUT2D eigenvalue weighted by Crippen LogP contribution is -2.22. The number of rotatable bonds is 7. The number of nitrogens with two attached hydrogens (primary N) is 1. The Morgan fingerprint density at radius 3 is 2.57 bits per heavy atom. The Balaban J connectivity index is 2.47. The Kier molecular flexibility index (Phi) is 4.60. The number of nitrogen functional groups attached to an aromatic ring is 1. The van der Waals surface area contributed by atoms with E-state index in [0.717, 1.165) is 30.4 Å². The average Bonchev–Trinajstić information content (AvgIpc) is 3.17. The second-order valence-electron chi connectivity index (χ2n) is 5.30. The minimum Gasteiger partial charge on any atom is -0.396 e. The predicted molar refractivity (Wildman–Crippen MR) is 84.0 cm³/mol. The third-order valence-corrected chi connectivity index (χ3v) is 6.02. The molecule has 0 aromatic carbocycles. The second-order valence-corrected chi connectivity index (χ2v) is 8.26. The molecule has 2 rings (SSSR count). The Hall–Kier alpha value is -1.12. The van der Waals surface area contributed by atoms with Crippen molar-refractivity contribution in [3.63, 3.8) is 0 Å². The van der Waals surface area contributed by atoms with Crippen molar-refractivity contribution in [2.45, 2.75) is 17.7 Å². The highest BCUT2D eigenvalue weighted by Gasteiger charge is 2.36. The molecule has 118 valence electrons. The van der Waals surface area contributed by atoms with Gasteiger partial charge in [-0.05, 0) is 12.8 Å². The van der Waals surface area contributed by atoms with Crippen LogP contribution in [0.1, 0.15) is 22.5 Å². The summed E-state index contributed by atoms with van der Waals surface area (Å²) in [6, 6.07) is 0. The Morgan fingerprint density at radius 1 is 1.48 bits per heavy atom. The van der Waals surface area contributed by atoms with Gasteiger partial charge in [0.15, 0.2) is 15.6 Å². The zero-order chi connectivity index (χ0) is 15.8. The van der Waals surface area contributed by atoms with Crippen molar-refractivity contribution in [2.75, 3.05) is 44.2 Å². The first-order valence-corrected chi connectivity index (χ1v) is 9.34. The highest BCUT2D eigenvalue weighted by atomic mass is 32.2. The summed E-state index contributed by atoms with van der Waals surface area (Å²) in [5.41, 5.74) is 6.07. The van der Waals surface area contributed by atoms with E-state index >= 15 is 0 Å². The van der Waals surface area contributed by atoms with Crippen LogP contribution < -0.4 is 10.6 Å². The Morgan fingerprint density at radius 2 is 2.10 bits per heavy atom. The van der Waals surface area contributed by atoms with E-state index in [9.17, 15) is 13.2 Å². The first-order chi connectivity index (χ1) is 9.77. The molecule has 0 atom stereocenters. The summed E-state index contributed by atoms with van der Waals surface area (Å²) in [4.78, 5) is 14.5. The highest BCUT2D eigenvalue weighted by Crippen LogP contribution is 2.44. The van der Waals surface area contributed by atoms with Crippen LogP contribution in [0.25, 0.3) is 0 Å². The molecule has 6 nitrogen and oxygen atoms in total. The zero-order valence-corrected chi connectivity index (χ0v) is 14.0. The first-order valence-electron chi connectivity index (χ1n) is 6.64. The lowest BCUT2D eigenvalue weighted by Gasteiger charge is -2.18. The maximum Gasteiger partial charge on any atom is 0.180 e. The third kappa shape index (κ3) is 3.38. The number of methoxy groups -OCH3 is 1. The Labute approximate surface area is 128 Å². The molecule has 0 unspecified atom stereocenters. The quantitative estimate of drug-likeness (QED) is 0.759. The van der Waals surface area contributed by atoms with Crippen molar-refractivity contribution in [2.24, 2.45) is 5.92 Å². The monoisotopic (exact) mass is 332 g/mol. The van der Waals surface area contributed by atoms with E-state index in [-0.39, 0.29) is 22.3 Å². The maximum atomic E-state index is 12.2. The van der Waals surface area contributed by atoms with Crippen LogP contribution in [0.4, 0.5) is 10.7 Å². The molecule has 1 aliphatic carbocycles. The van der Waals surface area contributed by atoms with Gasteiger partial charge in [0.1, 0.15) is 9.90 Å². The molecule has 0 aliphatic heterocycles. The number of sulfone groups is 1. The van der Waals surface area contributed by atoms with E-state index in [2.05, 4.69) is 0 Å². The number of hydrogen-bond acceptors (Lipinski definition) is 7. The van der Waals surface area contributed by atoms with Crippen LogP contribution in [-0.2, 0) is 14.6 Å². The Bertz CT molecular complexity index is 647. The molecular formula is C13H20N2O4S2.